The number of hydrogen-bond donors (Lipinski definition) is 1. The van der Waals surface area contributed by atoms with Crippen LogP contribution in [0.4, 0.5) is 0 Å². The first-order valence-electron chi connectivity index (χ1n) is 6.96. The van der Waals surface area contributed by atoms with Crippen molar-refractivity contribution in [1.29, 1.82) is 0 Å². The third-order valence-electron chi connectivity index (χ3n) is 3.09. The van der Waals surface area contributed by atoms with Crippen LogP contribution >= 0.6 is 11.8 Å². The van der Waals surface area contributed by atoms with E-state index < -0.39 is 0 Å². The first-order chi connectivity index (χ1) is 10.6. The molecule has 1 N–H and O–H groups in total. The van der Waals surface area contributed by atoms with E-state index in [4.69, 9.17) is 4.74 Å². The molecule has 0 aliphatic rings. The number of rotatable bonds is 6. The smallest absolute Gasteiger partial charge is 0.185 e. The van der Waals surface area contributed by atoms with Gasteiger partial charge in [-0.1, -0.05) is 12.1 Å². The molecule has 114 valence electrons. The van der Waals surface area contributed by atoms with Gasteiger partial charge in [0.25, 0.3) is 0 Å². The van der Waals surface area contributed by atoms with Gasteiger partial charge in [-0.25, -0.2) is 0 Å². The minimum absolute atomic E-state index is 0.0568. The Morgan fingerprint density at radius 3 is 2.59 bits per heavy atom. The first-order valence-corrected chi connectivity index (χ1v) is 8.18. The zero-order chi connectivity index (χ0) is 15.9. The lowest BCUT2D eigenvalue weighted by molar-refractivity contribution is 0.104. The highest BCUT2D eigenvalue weighted by atomic mass is 32.2. The number of hydrogen-bond acceptors (Lipinski definition) is 4. The van der Waals surface area contributed by atoms with Gasteiger partial charge in [0.2, 0.25) is 0 Å². The molecule has 22 heavy (non-hydrogen) atoms. The normalized spacial score (nSPS) is 10.8. The zero-order valence-corrected chi connectivity index (χ0v) is 13.4. The second-order valence-corrected chi connectivity index (χ2v) is 5.47. The van der Waals surface area contributed by atoms with Crippen molar-refractivity contribution < 1.29 is 14.6 Å². The van der Waals surface area contributed by atoms with E-state index in [1.165, 1.54) is 6.08 Å². The second-order valence-electron chi connectivity index (χ2n) is 4.59. The third kappa shape index (κ3) is 4.15. The largest absolute Gasteiger partial charge is 0.504 e. The average molecular weight is 314 g/mol. The number of benzene rings is 2. The van der Waals surface area contributed by atoms with Gasteiger partial charge in [0, 0.05) is 10.5 Å². The van der Waals surface area contributed by atoms with Gasteiger partial charge >= 0.3 is 0 Å². The molecule has 2 aromatic carbocycles. The number of allylic oxidation sites excluding steroid dienone is 1. The predicted octanol–water partition coefficient (Wildman–Crippen LogP) is 4.41. The van der Waals surface area contributed by atoms with E-state index in [9.17, 15) is 9.90 Å². The summed E-state index contributed by atoms with van der Waals surface area (Å²) in [5.41, 5.74) is 1.45. The van der Waals surface area contributed by atoms with Crippen molar-refractivity contribution in [2.24, 2.45) is 0 Å². The van der Waals surface area contributed by atoms with E-state index in [-0.39, 0.29) is 11.5 Å². The monoisotopic (exact) mass is 314 g/mol. The molecule has 0 heterocycles. The maximum atomic E-state index is 12.1. The summed E-state index contributed by atoms with van der Waals surface area (Å²) in [6, 6.07) is 12.5. The number of phenolic OH excluding ortho intramolecular Hbond substituents is 1. The van der Waals surface area contributed by atoms with Crippen molar-refractivity contribution in [2.45, 2.75) is 11.8 Å². The van der Waals surface area contributed by atoms with Crippen molar-refractivity contribution >= 4 is 23.6 Å². The summed E-state index contributed by atoms with van der Waals surface area (Å²) in [7, 11) is 0. The molecule has 0 unspecified atom stereocenters. The standard InChI is InChI=1S/C18H18O3S/c1-3-21-18-12-13(5-11-17(18)20)4-10-16(19)14-6-8-15(22-2)9-7-14/h4-12,20H,3H2,1-2H3/b10-4+. The van der Waals surface area contributed by atoms with Gasteiger partial charge in [0.15, 0.2) is 17.3 Å². The number of phenols is 1. The van der Waals surface area contributed by atoms with E-state index >= 15 is 0 Å². The number of carbonyl (C=O) groups is 1. The molecule has 0 fully saturated rings. The Morgan fingerprint density at radius 1 is 1.23 bits per heavy atom. The summed E-state index contributed by atoms with van der Waals surface area (Å²) in [5.74, 6) is 0.457. The summed E-state index contributed by atoms with van der Waals surface area (Å²) >= 11 is 1.64. The average Bonchev–Trinajstić information content (AvgIpc) is 2.55. The van der Waals surface area contributed by atoms with Crippen molar-refractivity contribution in [2.75, 3.05) is 12.9 Å². The molecule has 0 bridgehead atoms. The third-order valence-corrected chi connectivity index (χ3v) is 3.83. The van der Waals surface area contributed by atoms with Crippen molar-refractivity contribution in [3.8, 4) is 11.5 Å². The van der Waals surface area contributed by atoms with Gasteiger partial charge in [0.05, 0.1) is 6.61 Å². The summed E-state index contributed by atoms with van der Waals surface area (Å²) in [5, 5.41) is 9.65. The fourth-order valence-electron chi connectivity index (χ4n) is 1.93. The van der Waals surface area contributed by atoms with Crippen LogP contribution in [0.2, 0.25) is 0 Å². The highest BCUT2D eigenvalue weighted by Gasteiger charge is 2.04. The number of ketones is 1. The van der Waals surface area contributed by atoms with Crippen molar-refractivity contribution in [1.82, 2.24) is 0 Å². The van der Waals surface area contributed by atoms with Crippen LogP contribution in [-0.2, 0) is 0 Å². The lowest BCUT2D eigenvalue weighted by Crippen LogP contribution is -1.94. The molecule has 3 nitrogen and oxygen atoms in total. The Bertz CT molecular complexity index is 675. The molecule has 0 spiro atoms. The number of aromatic hydroxyl groups is 1. The Hall–Kier alpha value is -2.20. The van der Waals surface area contributed by atoms with Gasteiger partial charge in [0.1, 0.15) is 0 Å². The predicted molar refractivity (Wildman–Crippen MR) is 90.9 cm³/mol. The molecule has 0 radical (unpaired) electrons. The van der Waals surface area contributed by atoms with E-state index in [1.54, 1.807) is 36.0 Å². The number of ether oxygens (including phenoxy) is 1. The highest BCUT2D eigenvalue weighted by molar-refractivity contribution is 7.98. The molecular formula is C18H18O3S. The minimum atomic E-state index is -0.0568. The lowest BCUT2D eigenvalue weighted by atomic mass is 10.1. The number of thioether (sulfide) groups is 1. The van der Waals surface area contributed by atoms with Crippen LogP contribution < -0.4 is 4.74 Å². The van der Waals surface area contributed by atoms with Crippen molar-refractivity contribution in [3.05, 3.63) is 59.7 Å². The number of carbonyl (C=O) groups excluding carboxylic acids is 1. The second kappa shape index (κ2) is 7.71. The Morgan fingerprint density at radius 2 is 1.95 bits per heavy atom. The zero-order valence-electron chi connectivity index (χ0n) is 12.6. The van der Waals surface area contributed by atoms with E-state index in [1.807, 2.05) is 37.4 Å². The summed E-state index contributed by atoms with van der Waals surface area (Å²) in [6.07, 6.45) is 5.24. The van der Waals surface area contributed by atoms with Gasteiger partial charge in [-0.2, -0.15) is 0 Å². The lowest BCUT2D eigenvalue weighted by Gasteiger charge is -2.06. The van der Waals surface area contributed by atoms with Crippen LogP contribution in [0, 0.1) is 0 Å². The molecule has 0 saturated heterocycles. The van der Waals surface area contributed by atoms with Crippen LogP contribution in [0.5, 0.6) is 11.5 Å². The quantitative estimate of drug-likeness (QED) is 0.487. The van der Waals surface area contributed by atoms with Crippen LogP contribution in [0.15, 0.2) is 53.4 Å². The molecule has 0 aliphatic heterocycles. The summed E-state index contributed by atoms with van der Waals surface area (Å²) in [4.78, 5) is 13.2. The fraction of sp³-hybridized carbons (Fsp3) is 0.167. The van der Waals surface area contributed by atoms with Gasteiger partial charge in [-0.05, 0) is 61.2 Å². The molecule has 4 heteroatoms. The first kappa shape index (κ1) is 16.2. The van der Waals surface area contributed by atoms with Crippen LogP contribution in [-0.4, -0.2) is 23.8 Å². The van der Waals surface area contributed by atoms with E-state index in [0.29, 0.717) is 17.9 Å². The fourth-order valence-corrected chi connectivity index (χ4v) is 2.34. The minimum Gasteiger partial charge on any atom is -0.504 e. The summed E-state index contributed by atoms with van der Waals surface area (Å²) in [6.45, 7) is 2.32. The Balaban J connectivity index is 2.13. The van der Waals surface area contributed by atoms with Crippen LogP contribution in [0.1, 0.15) is 22.8 Å². The van der Waals surface area contributed by atoms with E-state index in [2.05, 4.69) is 0 Å². The highest BCUT2D eigenvalue weighted by Crippen LogP contribution is 2.27. The van der Waals surface area contributed by atoms with Gasteiger partial charge in [-0.15, -0.1) is 11.8 Å². The molecule has 0 atom stereocenters. The maximum absolute atomic E-state index is 12.1. The summed E-state index contributed by atoms with van der Waals surface area (Å²) < 4.78 is 5.32. The molecular weight excluding hydrogens is 296 g/mol. The molecule has 0 saturated carbocycles. The molecule has 0 aromatic heterocycles. The molecule has 0 aliphatic carbocycles. The SMILES string of the molecule is CCOc1cc(/C=C/C(=O)c2ccc(SC)cc2)ccc1O. The van der Waals surface area contributed by atoms with Crippen molar-refractivity contribution in [3.63, 3.8) is 0 Å². The maximum Gasteiger partial charge on any atom is 0.185 e. The van der Waals surface area contributed by atoms with E-state index in [0.717, 1.165) is 10.5 Å². The molecule has 2 aromatic rings. The Labute approximate surface area is 134 Å². The van der Waals surface area contributed by atoms with Gasteiger partial charge in [-0.3, -0.25) is 4.79 Å². The van der Waals surface area contributed by atoms with Gasteiger partial charge < -0.3 is 9.84 Å². The molecule has 2 rings (SSSR count). The van der Waals surface area contributed by atoms with Crippen LogP contribution in [0.25, 0.3) is 6.08 Å². The topological polar surface area (TPSA) is 46.5 Å². The Kier molecular flexibility index (Phi) is 5.67. The van der Waals surface area contributed by atoms with Crippen LogP contribution in [0.3, 0.4) is 0 Å². The molecule has 0 amide bonds.